The van der Waals surface area contributed by atoms with E-state index in [2.05, 4.69) is 15.3 Å². The molecule has 0 amide bonds. The monoisotopic (exact) mass is 319 g/mol. The SMILES string of the molecule is COc1ccccc1-c1cc(Nc2cccc(C(C)=O)c2)ncn1. The van der Waals surface area contributed by atoms with Gasteiger partial charge in [-0.3, -0.25) is 4.79 Å². The van der Waals surface area contributed by atoms with Gasteiger partial charge in [0, 0.05) is 22.9 Å². The van der Waals surface area contributed by atoms with Crippen LogP contribution >= 0.6 is 0 Å². The molecule has 0 atom stereocenters. The molecule has 0 saturated carbocycles. The highest BCUT2D eigenvalue weighted by Crippen LogP contribution is 2.29. The van der Waals surface area contributed by atoms with Gasteiger partial charge in [-0.05, 0) is 31.2 Å². The van der Waals surface area contributed by atoms with Gasteiger partial charge in [0.05, 0.1) is 12.8 Å². The van der Waals surface area contributed by atoms with Gasteiger partial charge in [0.25, 0.3) is 0 Å². The highest BCUT2D eigenvalue weighted by Gasteiger charge is 2.08. The second kappa shape index (κ2) is 6.91. The minimum atomic E-state index is 0.0241. The van der Waals surface area contributed by atoms with Crippen molar-refractivity contribution in [3.63, 3.8) is 0 Å². The Balaban J connectivity index is 1.91. The predicted octanol–water partition coefficient (Wildman–Crippen LogP) is 4.10. The van der Waals surface area contributed by atoms with Crippen molar-refractivity contribution in [2.45, 2.75) is 6.92 Å². The fourth-order valence-electron chi connectivity index (χ4n) is 2.39. The van der Waals surface area contributed by atoms with Crippen LogP contribution in [0.2, 0.25) is 0 Å². The number of carbonyl (C=O) groups is 1. The quantitative estimate of drug-likeness (QED) is 0.717. The van der Waals surface area contributed by atoms with Gasteiger partial charge in [0.1, 0.15) is 17.9 Å². The Hall–Kier alpha value is -3.21. The smallest absolute Gasteiger partial charge is 0.159 e. The number of anilines is 2. The van der Waals surface area contributed by atoms with E-state index >= 15 is 0 Å². The van der Waals surface area contributed by atoms with Gasteiger partial charge in [-0.25, -0.2) is 9.97 Å². The molecule has 1 heterocycles. The highest BCUT2D eigenvalue weighted by atomic mass is 16.5. The molecule has 1 aromatic heterocycles. The van der Waals surface area contributed by atoms with Crippen LogP contribution in [-0.2, 0) is 0 Å². The Morgan fingerprint density at radius 1 is 1.04 bits per heavy atom. The van der Waals surface area contributed by atoms with E-state index in [0.717, 1.165) is 22.7 Å². The number of methoxy groups -OCH3 is 1. The zero-order chi connectivity index (χ0) is 16.9. The van der Waals surface area contributed by atoms with E-state index in [1.54, 1.807) is 26.2 Å². The maximum Gasteiger partial charge on any atom is 0.159 e. The fraction of sp³-hybridized carbons (Fsp3) is 0.105. The fourth-order valence-corrected chi connectivity index (χ4v) is 2.39. The zero-order valence-corrected chi connectivity index (χ0v) is 13.5. The van der Waals surface area contributed by atoms with Crippen molar-refractivity contribution in [3.05, 3.63) is 66.5 Å². The second-order valence-corrected chi connectivity index (χ2v) is 5.25. The lowest BCUT2D eigenvalue weighted by atomic mass is 10.1. The van der Waals surface area contributed by atoms with Gasteiger partial charge < -0.3 is 10.1 Å². The largest absolute Gasteiger partial charge is 0.496 e. The van der Waals surface area contributed by atoms with Crippen LogP contribution in [0.3, 0.4) is 0 Å². The first-order chi connectivity index (χ1) is 11.7. The topological polar surface area (TPSA) is 64.1 Å². The number of benzene rings is 2. The summed E-state index contributed by atoms with van der Waals surface area (Å²) in [6.45, 7) is 1.55. The number of hydrogen-bond acceptors (Lipinski definition) is 5. The maximum absolute atomic E-state index is 11.5. The van der Waals surface area contributed by atoms with E-state index in [1.807, 2.05) is 42.5 Å². The van der Waals surface area contributed by atoms with Crippen molar-refractivity contribution >= 4 is 17.3 Å². The third kappa shape index (κ3) is 3.41. The average Bonchev–Trinajstić information content (AvgIpc) is 2.62. The third-order valence-electron chi connectivity index (χ3n) is 3.59. The van der Waals surface area contributed by atoms with Crippen molar-refractivity contribution in [1.82, 2.24) is 9.97 Å². The Morgan fingerprint density at radius 3 is 2.67 bits per heavy atom. The van der Waals surface area contributed by atoms with Crippen LogP contribution in [0.25, 0.3) is 11.3 Å². The van der Waals surface area contributed by atoms with Gasteiger partial charge in [-0.2, -0.15) is 0 Å². The van der Waals surface area contributed by atoms with Gasteiger partial charge in [0.2, 0.25) is 0 Å². The van der Waals surface area contributed by atoms with E-state index in [9.17, 15) is 4.79 Å². The molecule has 0 unspecified atom stereocenters. The summed E-state index contributed by atoms with van der Waals surface area (Å²) in [6, 6.07) is 16.8. The first kappa shape index (κ1) is 15.7. The summed E-state index contributed by atoms with van der Waals surface area (Å²) in [6.07, 6.45) is 1.50. The Labute approximate surface area is 140 Å². The standard InChI is InChI=1S/C19H17N3O2/c1-13(23)14-6-5-7-15(10-14)22-19-11-17(20-12-21-19)16-8-3-4-9-18(16)24-2/h3-12H,1-2H3,(H,20,21,22). The molecule has 0 radical (unpaired) electrons. The van der Waals surface area contributed by atoms with Gasteiger partial charge >= 0.3 is 0 Å². The van der Waals surface area contributed by atoms with Crippen LogP contribution in [-0.4, -0.2) is 22.9 Å². The van der Waals surface area contributed by atoms with E-state index in [0.29, 0.717) is 11.4 Å². The number of carbonyl (C=O) groups excluding carboxylic acids is 1. The highest BCUT2D eigenvalue weighted by molar-refractivity contribution is 5.95. The van der Waals surface area contributed by atoms with Gasteiger partial charge in [-0.1, -0.05) is 24.3 Å². The molecular weight excluding hydrogens is 302 g/mol. The molecule has 0 spiro atoms. The number of aromatic nitrogens is 2. The summed E-state index contributed by atoms with van der Waals surface area (Å²) in [7, 11) is 1.63. The number of ketones is 1. The summed E-state index contributed by atoms with van der Waals surface area (Å²) in [5, 5.41) is 3.20. The molecule has 0 aliphatic rings. The second-order valence-electron chi connectivity index (χ2n) is 5.25. The zero-order valence-electron chi connectivity index (χ0n) is 13.5. The number of nitrogens with zero attached hydrogens (tertiary/aromatic N) is 2. The third-order valence-corrected chi connectivity index (χ3v) is 3.59. The summed E-state index contributed by atoms with van der Waals surface area (Å²) >= 11 is 0. The lowest BCUT2D eigenvalue weighted by Gasteiger charge is -2.10. The average molecular weight is 319 g/mol. The van der Waals surface area contributed by atoms with Crippen LogP contribution < -0.4 is 10.1 Å². The van der Waals surface area contributed by atoms with Crippen molar-refractivity contribution in [1.29, 1.82) is 0 Å². The van der Waals surface area contributed by atoms with Gasteiger partial charge in [-0.15, -0.1) is 0 Å². The maximum atomic E-state index is 11.5. The van der Waals surface area contributed by atoms with Crippen molar-refractivity contribution in [2.75, 3.05) is 12.4 Å². The molecule has 0 saturated heterocycles. The van der Waals surface area contributed by atoms with E-state index in [1.165, 1.54) is 6.33 Å². The van der Waals surface area contributed by atoms with Crippen molar-refractivity contribution in [2.24, 2.45) is 0 Å². The first-order valence-electron chi connectivity index (χ1n) is 7.51. The molecule has 0 bridgehead atoms. The molecule has 3 rings (SSSR count). The molecule has 0 fully saturated rings. The molecule has 0 aliphatic heterocycles. The van der Waals surface area contributed by atoms with E-state index in [4.69, 9.17) is 4.74 Å². The van der Waals surface area contributed by atoms with Crippen LogP contribution in [0.5, 0.6) is 5.75 Å². The number of nitrogens with one attached hydrogen (secondary N) is 1. The van der Waals surface area contributed by atoms with Crippen LogP contribution in [0.4, 0.5) is 11.5 Å². The van der Waals surface area contributed by atoms with E-state index < -0.39 is 0 Å². The molecule has 1 N–H and O–H groups in total. The van der Waals surface area contributed by atoms with Gasteiger partial charge in [0.15, 0.2) is 5.78 Å². The molecule has 3 aromatic rings. The first-order valence-corrected chi connectivity index (χ1v) is 7.51. The normalized spacial score (nSPS) is 10.2. The molecule has 5 heteroatoms. The number of ether oxygens (including phenoxy) is 1. The number of Topliss-reactive ketones (excluding diaryl/α,β-unsaturated/α-hetero) is 1. The Morgan fingerprint density at radius 2 is 1.88 bits per heavy atom. The summed E-state index contributed by atoms with van der Waals surface area (Å²) in [4.78, 5) is 20.1. The lowest BCUT2D eigenvalue weighted by Crippen LogP contribution is -1.98. The Bertz CT molecular complexity index is 878. The number of hydrogen-bond donors (Lipinski definition) is 1. The lowest BCUT2D eigenvalue weighted by molar-refractivity contribution is 0.101. The minimum absolute atomic E-state index is 0.0241. The van der Waals surface area contributed by atoms with E-state index in [-0.39, 0.29) is 5.78 Å². The molecule has 0 aliphatic carbocycles. The molecule has 24 heavy (non-hydrogen) atoms. The number of para-hydroxylation sites is 1. The minimum Gasteiger partial charge on any atom is -0.496 e. The summed E-state index contributed by atoms with van der Waals surface area (Å²) in [5.74, 6) is 1.42. The summed E-state index contributed by atoms with van der Waals surface area (Å²) < 4.78 is 5.38. The molecule has 5 nitrogen and oxygen atoms in total. The van der Waals surface area contributed by atoms with Crippen LogP contribution in [0.1, 0.15) is 17.3 Å². The van der Waals surface area contributed by atoms with Crippen molar-refractivity contribution < 1.29 is 9.53 Å². The van der Waals surface area contributed by atoms with Crippen molar-refractivity contribution in [3.8, 4) is 17.0 Å². The number of rotatable bonds is 5. The Kier molecular flexibility index (Phi) is 4.52. The van der Waals surface area contributed by atoms with Crippen LogP contribution in [0.15, 0.2) is 60.9 Å². The molecule has 120 valence electrons. The summed E-state index contributed by atoms with van der Waals surface area (Å²) in [5.41, 5.74) is 3.10. The molecular formula is C19H17N3O2. The van der Waals surface area contributed by atoms with Crippen LogP contribution in [0, 0.1) is 0 Å². The predicted molar refractivity (Wildman–Crippen MR) is 93.7 cm³/mol. The molecule has 2 aromatic carbocycles.